The molecule has 148 valence electrons. The zero-order valence-corrected chi connectivity index (χ0v) is 17.0. The molecule has 6 nitrogen and oxygen atoms in total. The van der Waals surface area contributed by atoms with Crippen molar-refractivity contribution in [3.05, 3.63) is 89.6 Å². The van der Waals surface area contributed by atoms with Crippen LogP contribution >= 0.6 is 11.3 Å². The largest absolute Gasteiger partial charge is 0.477 e. The zero-order valence-electron chi connectivity index (χ0n) is 16.2. The van der Waals surface area contributed by atoms with Crippen LogP contribution in [0.2, 0.25) is 0 Å². The summed E-state index contributed by atoms with van der Waals surface area (Å²) in [6.07, 6.45) is 9.05. The molecule has 0 spiro atoms. The van der Waals surface area contributed by atoms with Gasteiger partial charge in [-0.1, -0.05) is 12.1 Å². The van der Waals surface area contributed by atoms with Gasteiger partial charge in [-0.25, -0.2) is 9.78 Å². The van der Waals surface area contributed by atoms with Gasteiger partial charge in [0.2, 0.25) is 0 Å². The lowest BCUT2D eigenvalue weighted by atomic mass is 10.0. The Labute approximate surface area is 176 Å². The normalized spacial score (nSPS) is 11.2. The second kappa shape index (κ2) is 7.27. The van der Waals surface area contributed by atoms with E-state index in [0.29, 0.717) is 11.4 Å². The minimum absolute atomic E-state index is 0.346. The number of hydrogen-bond donors (Lipinski definition) is 1. The molecule has 1 N–H and O–H groups in total. The Morgan fingerprint density at radius 3 is 2.73 bits per heavy atom. The summed E-state index contributed by atoms with van der Waals surface area (Å²) in [5.74, 6) is -0.897. The first-order valence-electron chi connectivity index (χ1n) is 9.45. The fourth-order valence-corrected chi connectivity index (χ4v) is 4.66. The molecule has 0 radical (unpaired) electrons. The van der Waals surface area contributed by atoms with E-state index in [1.165, 1.54) is 11.3 Å². The van der Waals surface area contributed by atoms with Gasteiger partial charge in [-0.15, -0.1) is 11.3 Å². The summed E-state index contributed by atoms with van der Waals surface area (Å²) < 4.78 is 5.11. The van der Waals surface area contributed by atoms with Crippen molar-refractivity contribution in [1.82, 2.24) is 19.1 Å². The lowest BCUT2D eigenvalue weighted by molar-refractivity contribution is 0.0702. The molecule has 4 aromatic heterocycles. The van der Waals surface area contributed by atoms with Crippen LogP contribution < -0.4 is 0 Å². The lowest BCUT2D eigenvalue weighted by Gasteiger charge is -2.14. The molecule has 30 heavy (non-hydrogen) atoms. The average molecular weight is 414 g/mol. The Kier molecular flexibility index (Phi) is 4.44. The number of carboxylic acids is 1. The van der Waals surface area contributed by atoms with Gasteiger partial charge in [0.25, 0.3) is 0 Å². The van der Waals surface area contributed by atoms with Crippen LogP contribution in [0, 0.1) is 6.92 Å². The second-order valence-electron chi connectivity index (χ2n) is 7.11. The smallest absolute Gasteiger partial charge is 0.345 e. The van der Waals surface area contributed by atoms with Crippen LogP contribution in [0.1, 0.15) is 20.8 Å². The van der Waals surface area contributed by atoms with E-state index in [1.54, 1.807) is 24.8 Å². The van der Waals surface area contributed by atoms with E-state index in [0.717, 1.165) is 38.3 Å². The molecular weight excluding hydrogens is 396 g/mol. The highest BCUT2D eigenvalue weighted by Gasteiger charge is 2.18. The van der Waals surface area contributed by atoms with Crippen LogP contribution in [-0.2, 0) is 6.54 Å². The lowest BCUT2D eigenvalue weighted by Crippen LogP contribution is -2.03. The van der Waals surface area contributed by atoms with E-state index >= 15 is 0 Å². The van der Waals surface area contributed by atoms with E-state index < -0.39 is 5.97 Å². The quantitative estimate of drug-likeness (QED) is 0.439. The molecule has 0 fully saturated rings. The van der Waals surface area contributed by atoms with E-state index in [2.05, 4.69) is 45.7 Å². The van der Waals surface area contributed by atoms with Crippen LogP contribution in [0.3, 0.4) is 0 Å². The maximum absolute atomic E-state index is 11.5. The molecule has 0 unspecified atom stereocenters. The van der Waals surface area contributed by atoms with Gasteiger partial charge in [-0.05, 0) is 48.4 Å². The summed E-state index contributed by atoms with van der Waals surface area (Å²) in [6.45, 7) is 2.71. The van der Waals surface area contributed by atoms with Crippen molar-refractivity contribution in [2.75, 3.05) is 0 Å². The first-order chi connectivity index (χ1) is 14.6. The van der Waals surface area contributed by atoms with Gasteiger partial charge in [0, 0.05) is 42.6 Å². The molecule has 4 heterocycles. The topological polar surface area (TPSA) is 72.9 Å². The summed E-state index contributed by atoms with van der Waals surface area (Å²) in [5.41, 5.74) is 6.35. The standard InChI is InChI=1S/C23H18N4O2S/c1-15-9-17(26-8-7-25-14-26)4-5-18(15)19-10-21-20(11-22(30-21)23(28)29)27(19)13-16-3-2-6-24-12-16/h2-12,14H,13H2,1H3,(H,28,29). The Balaban J connectivity index is 1.65. The van der Waals surface area contributed by atoms with Gasteiger partial charge in [0.1, 0.15) is 4.88 Å². The second-order valence-corrected chi connectivity index (χ2v) is 8.20. The van der Waals surface area contributed by atoms with Crippen molar-refractivity contribution >= 4 is 27.5 Å². The molecule has 0 aliphatic heterocycles. The van der Waals surface area contributed by atoms with Gasteiger partial charge in [-0.3, -0.25) is 4.98 Å². The molecule has 0 atom stereocenters. The summed E-state index contributed by atoms with van der Waals surface area (Å²) in [4.78, 5) is 20.2. The van der Waals surface area contributed by atoms with Gasteiger partial charge < -0.3 is 14.2 Å². The molecule has 0 bridgehead atoms. The van der Waals surface area contributed by atoms with E-state index in [1.807, 2.05) is 29.1 Å². The number of hydrogen-bond acceptors (Lipinski definition) is 4. The maximum Gasteiger partial charge on any atom is 0.345 e. The molecule has 0 saturated heterocycles. The Morgan fingerprint density at radius 2 is 2.03 bits per heavy atom. The molecule has 5 aromatic rings. The summed E-state index contributed by atoms with van der Waals surface area (Å²) in [7, 11) is 0. The Bertz CT molecular complexity index is 1350. The Morgan fingerprint density at radius 1 is 1.13 bits per heavy atom. The van der Waals surface area contributed by atoms with Gasteiger partial charge in [-0.2, -0.15) is 0 Å². The number of thiophene rings is 1. The van der Waals surface area contributed by atoms with Crippen LogP contribution in [0.25, 0.3) is 27.2 Å². The highest BCUT2D eigenvalue weighted by molar-refractivity contribution is 7.20. The number of aromatic nitrogens is 4. The molecule has 0 saturated carbocycles. The van der Waals surface area contributed by atoms with Crippen LogP contribution in [0.5, 0.6) is 0 Å². The molecule has 0 aliphatic rings. The van der Waals surface area contributed by atoms with Gasteiger partial charge in [0.05, 0.1) is 22.2 Å². The van der Waals surface area contributed by atoms with Crippen molar-refractivity contribution in [2.45, 2.75) is 13.5 Å². The van der Waals surface area contributed by atoms with E-state index in [-0.39, 0.29) is 0 Å². The van der Waals surface area contributed by atoms with Crippen LogP contribution in [-0.4, -0.2) is 30.2 Å². The number of carbonyl (C=O) groups is 1. The number of benzene rings is 1. The highest BCUT2D eigenvalue weighted by atomic mass is 32.1. The number of rotatable bonds is 5. The number of pyridine rings is 1. The molecule has 7 heteroatoms. The van der Waals surface area contributed by atoms with Crippen molar-refractivity contribution in [3.63, 3.8) is 0 Å². The first-order valence-corrected chi connectivity index (χ1v) is 10.3. The van der Waals surface area contributed by atoms with E-state index in [9.17, 15) is 9.90 Å². The van der Waals surface area contributed by atoms with Gasteiger partial charge in [0.15, 0.2) is 0 Å². The minimum atomic E-state index is -0.897. The minimum Gasteiger partial charge on any atom is -0.477 e. The van der Waals surface area contributed by atoms with Gasteiger partial charge >= 0.3 is 5.97 Å². The number of fused-ring (bicyclic) bond motifs is 1. The third kappa shape index (κ3) is 3.19. The SMILES string of the molecule is Cc1cc(-n2ccnc2)ccc1-c1cc2sc(C(=O)O)cc2n1Cc1cccnc1. The maximum atomic E-state index is 11.5. The molecule has 0 amide bonds. The van der Waals surface area contributed by atoms with Crippen LogP contribution in [0.15, 0.2) is 73.6 Å². The summed E-state index contributed by atoms with van der Waals surface area (Å²) >= 11 is 1.30. The van der Waals surface area contributed by atoms with E-state index in [4.69, 9.17) is 0 Å². The van der Waals surface area contributed by atoms with Crippen molar-refractivity contribution in [2.24, 2.45) is 0 Å². The number of aryl methyl sites for hydroxylation is 1. The fourth-order valence-electron chi connectivity index (χ4n) is 3.72. The molecule has 0 aliphatic carbocycles. The molecule has 5 rings (SSSR count). The summed E-state index contributed by atoms with van der Waals surface area (Å²) in [6, 6.07) is 14.1. The third-order valence-corrected chi connectivity index (χ3v) is 6.21. The molecular formula is C23H18N4O2S. The monoisotopic (exact) mass is 414 g/mol. The molecule has 1 aromatic carbocycles. The average Bonchev–Trinajstić information content (AvgIpc) is 3.46. The summed E-state index contributed by atoms with van der Waals surface area (Å²) in [5, 5.41) is 9.42. The zero-order chi connectivity index (χ0) is 20.7. The first kappa shape index (κ1) is 18.3. The highest BCUT2D eigenvalue weighted by Crippen LogP contribution is 2.36. The number of nitrogens with zero attached hydrogens (tertiary/aromatic N) is 4. The third-order valence-electron chi connectivity index (χ3n) is 5.15. The fraction of sp³-hybridized carbons (Fsp3) is 0.0870. The van der Waals surface area contributed by atoms with Crippen LogP contribution in [0.4, 0.5) is 0 Å². The van der Waals surface area contributed by atoms with Crippen molar-refractivity contribution < 1.29 is 9.90 Å². The predicted molar refractivity (Wildman–Crippen MR) is 117 cm³/mol. The number of carboxylic acid groups (broad SMARTS) is 1. The van der Waals surface area contributed by atoms with Crippen molar-refractivity contribution in [1.29, 1.82) is 0 Å². The predicted octanol–water partition coefficient (Wildman–Crippen LogP) is 5.01. The Hall–Kier alpha value is -3.71. The number of aromatic carboxylic acids is 1. The van der Waals surface area contributed by atoms with Crippen molar-refractivity contribution in [3.8, 4) is 16.9 Å². The number of imidazole rings is 1.